The van der Waals surface area contributed by atoms with Gasteiger partial charge in [0, 0.05) is 36.0 Å². The Morgan fingerprint density at radius 2 is 2.18 bits per heavy atom. The molecule has 0 radical (unpaired) electrons. The molecule has 2 aromatic rings. The van der Waals surface area contributed by atoms with E-state index in [1.54, 1.807) is 23.3 Å². The molecule has 0 aliphatic rings. The predicted octanol–water partition coefficient (Wildman–Crippen LogP) is 0.949. The highest BCUT2D eigenvalue weighted by molar-refractivity contribution is 7.89. The summed E-state index contributed by atoms with van der Waals surface area (Å²) in [7, 11) is -2.01. The number of sulfonamides is 1. The lowest BCUT2D eigenvalue weighted by Crippen LogP contribution is -2.26. The minimum absolute atomic E-state index is 0.0290. The molecule has 7 nitrogen and oxygen atoms in total. The predicted molar refractivity (Wildman–Crippen MR) is 83.7 cm³/mol. The van der Waals surface area contributed by atoms with Gasteiger partial charge in [-0.1, -0.05) is 0 Å². The van der Waals surface area contributed by atoms with Crippen LogP contribution >= 0.6 is 11.3 Å². The van der Waals surface area contributed by atoms with Crippen LogP contribution in [0, 0.1) is 6.92 Å². The highest BCUT2D eigenvalue weighted by Gasteiger charge is 2.13. The molecule has 2 rings (SSSR count). The van der Waals surface area contributed by atoms with E-state index in [1.807, 2.05) is 19.1 Å². The maximum Gasteiger partial charge on any atom is 0.241 e. The van der Waals surface area contributed by atoms with Crippen molar-refractivity contribution in [1.82, 2.24) is 14.7 Å². The van der Waals surface area contributed by atoms with Gasteiger partial charge in [-0.25, -0.2) is 13.6 Å². The number of carbonyl (C=O) groups excluding carboxylic acids is 1. The topological polar surface area (TPSA) is 98.3 Å². The first kappa shape index (κ1) is 16.7. The Kier molecular flexibility index (Phi) is 4.99. The van der Waals surface area contributed by atoms with Gasteiger partial charge in [0.15, 0.2) is 0 Å². The average Bonchev–Trinajstić information content (AvgIpc) is 3.04. The van der Waals surface area contributed by atoms with Crippen molar-refractivity contribution in [2.45, 2.75) is 31.3 Å². The second-order valence-corrected chi connectivity index (χ2v) is 7.93. The quantitative estimate of drug-likeness (QED) is 0.845. The minimum Gasteiger partial charge on any atom is -0.341 e. The van der Waals surface area contributed by atoms with Gasteiger partial charge in [-0.05, 0) is 19.1 Å². The van der Waals surface area contributed by atoms with Crippen LogP contribution in [0.1, 0.15) is 16.2 Å². The second kappa shape index (κ2) is 6.59. The Hall–Kier alpha value is -1.71. The van der Waals surface area contributed by atoms with Crippen LogP contribution in [-0.2, 0) is 27.9 Å². The number of aromatic nitrogens is 2. The molecule has 0 saturated heterocycles. The Labute approximate surface area is 133 Å². The normalized spacial score (nSPS) is 11.6. The molecule has 0 fully saturated rings. The van der Waals surface area contributed by atoms with Crippen LogP contribution < -0.4 is 5.14 Å². The van der Waals surface area contributed by atoms with Gasteiger partial charge in [-0.3, -0.25) is 9.48 Å². The fraction of sp³-hybridized carbons (Fsp3) is 0.385. The largest absolute Gasteiger partial charge is 0.341 e. The molecule has 0 spiro atoms. The molecule has 0 atom stereocenters. The first-order valence-electron chi connectivity index (χ1n) is 6.60. The van der Waals surface area contributed by atoms with E-state index < -0.39 is 10.0 Å². The zero-order chi connectivity index (χ0) is 16.3. The van der Waals surface area contributed by atoms with Crippen molar-refractivity contribution in [3.8, 4) is 0 Å². The molecule has 2 heterocycles. The van der Waals surface area contributed by atoms with Gasteiger partial charge >= 0.3 is 0 Å². The number of nitrogens with zero attached hydrogens (tertiary/aromatic N) is 3. The van der Waals surface area contributed by atoms with Gasteiger partial charge in [-0.2, -0.15) is 5.10 Å². The molecule has 120 valence electrons. The minimum atomic E-state index is -3.75. The molecule has 22 heavy (non-hydrogen) atoms. The van der Waals surface area contributed by atoms with Crippen LogP contribution in [0.15, 0.2) is 29.4 Å². The summed E-state index contributed by atoms with van der Waals surface area (Å²) in [6.07, 6.45) is 2.75. The van der Waals surface area contributed by atoms with E-state index in [0.717, 1.165) is 4.88 Å². The molecule has 0 aliphatic carbocycles. The highest BCUT2D eigenvalue weighted by Crippen LogP contribution is 2.17. The Morgan fingerprint density at radius 1 is 1.45 bits per heavy atom. The first-order chi connectivity index (χ1) is 10.3. The second-order valence-electron chi connectivity index (χ2n) is 5.00. The zero-order valence-corrected chi connectivity index (χ0v) is 14.0. The van der Waals surface area contributed by atoms with E-state index in [-0.39, 0.29) is 17.2 Å². The SMILES string of the molecule is Cc1ccc(CN(C)C(=O)CCn2cc(S(N)(=O)=O)cn2)s1. The number of hydrogen-bond donors (Lipinski definition) is 1. The molecule has 1 amide bonds. The summed E-state index contributed by atoms with van der Waals surface area (Å²) >= 11 is 1.66. The summed E-state index contributed by atoms with van der Waals surface area (Å²) in [6, 6.07) is 4.03. The lowest BCUT2D eigenvalue weighted by Gasteiger charge is -2.16. The highest BCUT2D eigenvalue weighted by atomic mass is 32.2. The third kappa shape index (κ3) is 4.39. The summed E-state index contributed by atoms with van der Waals surface area (Å²) in [5.41, 5.74) is 0. The van der Waals surface area contributed by atoms with Gasteiger partial charge < -0.3 is 4.90 Å². The van der Waals surface area contributed by atoms with Crippen LogP contribution in [0.4, 0.5) is 0 Å². The summed E-state index contributed by atoms with van der Waals surface area (Å²) < 4.78 is 23.7. The molecular weight excluding hydrogens is 324 g/mol. The number of primary sulfonamides is 1. The van der Waals surface area contributed by atoms with Crippen molar-refractivity contribution in [2.24, 2.45) is 5.14 Å². The average molecular weight is 342 g/mol. The molecular formula is C13H18N4O3S2. The maximum atomic E-state index is 12.1. The molecule has 9 heteroatoms. The summed E-state index contributed by atoms with van der Waals surface area (Å²) in [5, 5.41) is 8.90. The van der Waals surface area contributed by atoms with Gasteiger partial charge in [0.25, 0.3) is 0 Å². The van der Waals surface area contributed by atoms with E-state index in [0.29, 0.717) is 13.1 Å². The van der Waals surface area contributed by atoms with Crippen molar-refractivity contribution in [3.63, 3.8) is 0 Å². The van der Waals surface area contributed by atoms with Gasteiger partial charge in [0.05, 0.1) is 12.7 Å². The molecule has 2 N–H and O–H groups in total. The Bertz CT molecular complexity index is 764. The third-order valence-electron chi connectivity index (χ3n) is 3.11. The van der Waals surface area contributed by atoms with E-state index in [9.17, 15) is 13.2 Å². The van der Waals surface area contributed by atoms with E-state index >= 15 is 0 Å². The van der Waals surface area contributed by atoms with Crippen LogP contribution in [0.2, 0.25) is 0 Å². The van der Waals surface area contributed by atoms with E-state index in [2.05, 4.69) is 5.10 Å². The molecule has 0 aliphatic heterocycles. The van der Waals surface area contributed by atoms with Gasteiger partial charge in [0.1, 0.15) is 4.90 Å². The van der Waals surface area contributed by atoms with Crippen LogP contribution in [0.3, 0.4) is 0 Å². The maximum absolute atomic E-state index is 12.1. The monoisotopic (exact) mass is 342 g/mol. The molecule has 2 aromatic heterocycles. The smallest absolute Gasteiger partial charge is 0.241 e. The Morgan fingerprint density at radius 3 is 2.73 bits per heavy atom. The molecule has 0 saturated carbocycles. The van der Waals surface area contributed by atoms with Crippen LogP contribution in [0.25, 0.3) is 0 Å². The number of rotatable bonds is 6. The zero-order valence-electron chi connectivity index (χ0n) is 12.4. The number of aryl methyl sites for hydroxylation is 2. The van der Waals surface area contributed by atoms with Gasteiger partial charge in [0.2, 0.25) is 15.9 Å². The lowest BCUT2D eigenvalue weighted by atomic mass is 10.3. The van der Waals surface area contributed by atoms with Crippen molar-refractivity contribution in [1.29, 1.82) is 0 Å². The summed E-state index contributed by atoms with van der Waals surface area (Å²) in [6.45, 7) is 2.90. The molecule has 0 unspecified atom stereocenters. The van der Waals surface area contributed by atoms with E-state index in [4.69, 9.17) is 5.14 Å². The fourth-order valence-corrected chi connectivity index (χ4v) is 3.31. The van der Waals surface area contributed by atoms with Crippen molar-refractivity contribution in [3.05, 3.63) is 34.3 Å². The third-order valence-corrected chi connectivity index (χ3v) is 4.96. The molecule has 0 aromatic carbocycles. The van der Waals surface area contributed by atoms with Crippen LogP contribution in [0.5, 0.6) is 0 Å². The summed E-state index contributed by atoms with van der Waals surface area (Å²) in [5.74, 6) is -0.0290. The first-order valence-corrected chi connectivity index (χ1v) is 8.96. The Balaban J connectivity index is 1.88. The lowest BCUT2D eigenvalue weighted by molar-refractivity contribution is -0.130. The van der Waals surface area contributed by atoms with Crippen molar-refractivity contribution >= 4 is 27.3 Å². The number of nitrogens with two attached hydrogens (primary N) is 1. The molecule has 0 bridgehead atoms. The number of thiophene rings is 1. The van der Waals surface area contributed by atoms with Crippen LogP contribution in [-0.4, -0.2) is 36.1 Å². The van der Waals surface area contributed by atoms with Crippen molar-refractivity contribution < 1.29 is 13.2 Å². The number of hydrogen-bond acceptors (Lipinski definition) is 5. The van der Waals surface area contributed by atoms with Gasteiger partial charge in [-0.15, -0.1) is 11.3 Å². The standard InChI is InChI=1S/C13H18N4O3S2/c1-10-3-4-11(21-10)8-16(2)13(18)5-6-17-9-12(7-15-17)22(14,19)20/h3-4,7,9H,5-6,8H2,1-2H3,(H2,14,19,20). The number of amides is 1. The van der Waals surface area contributed by atoms with E-state index in [1.165, 1.54) is 22.0 Å². The summed E-state index contributed by atoms with van der Waals surface area (Å²) in [4.78, 5) is 16.0. The fourth-order valence-electron chi connectivity index (χ4n) is 1.91. The number of carbonyl (C=O) groups is 1. The van der Waals surface area contributed by atoms with Crippen molar-refractivity contribution in [2.75, 3.05) is 7.05 Å².